The van der Waals surface area contributed by atoms with Gasteiger partial charge in [0, 0.05) is 10.0 Å². The van der Waals surface area contributed by atoms with Gasteiger partial charge < -0.3 is 0 Å². The van der Waals surface area contributed by atoms with E-state index >= 15 is 0 Å². The second-order valence-electron chi connectivity index (χ2n) is 5.26. The zero-order valence-corrected chi connectivity index (χ0v) is 12.4. The first-order chi connectivity index (χ1) is 9.64. The van der Waals surface area contributed by atoms with E-state index in [0.717, 1.165) is 24.0 Å². The van der Waals surface area contributed by atoms with Crippen LogP contribution in [0.5, 0.6) is 0 Å². The van der Waals surface area contributed by atoms with Crippen LogP contribution in [0.15, 0.2) is 42.5 Å². The van der Waals surface area contributed by atoms with Crippen molar-refractivity contribution in [2.75, 3.05) is 0 Å². The molecule has 1 aliphatic carbocycles. The Morgan fingerprint density at radius 3 is 2.75 bits per heavy atom. The smallest absolute Gasteiger partial charge is 0.0868 e. The molecule has 0 aliphatic heterocycles. The first-order valence-electron chi connectivity index (χ1n) is 6.58. The van der Waals surface area contributed by atoms with Crippen LogP contribution in [-0.4, -0.2) is 0 Å². The summed E-state index contributed by atoms with van der Waals surface area (Å²) in [6, 6.07) is 16.1. The minimum atomic E-state index is -0.481. The number of rotatable bonds is 2. The number of aryl methyl sites for hydroxylation is 1. The van der Waals surface area contributed by atoms with Crippen LogP contribution in [0.25, 0.3) is 0 Å². The lowest BCUT2D eigenvalue weighted by molar-refractivity contribution is 0.541. The summed E-state index contributed by atoms with van der Waals surface area (Å²) in [7, 11) is 0. The number of fused-ring (bicyclic) bond motifs is 1. The fraction of sp³-hybridized carbons (Fsp3) is 0.235. The summed E-state index contributed by atoms with van der Waals surface area (Å²) in [4.78, 5) is 0. The molecule has 1 nitrogen and oxygen atoms in total. The summed E-state index contributed by atoms with van der Waals surface area (Å²) in [5.41, 5.74) is 2.87. The maximum Gasteiger partial charge on any atom is 0.0868 e. The summed E-state index contributed by atoms with van der Waals surface area (Å²) in [5, 5.41) is 11.1. The summed E-state index contributed by atoms with van der Waals surface area (Å²) < 4.78 is 0. The Bertz CT molecular complexity index is 702. The van der Waals surface area contributed by atoms with Crippen LogP contribution in [0.2, 0.25) is 10.0 Å². The molecule has 0 fully saturated rings. The highest BCUT2D eigenvalue weighted by Gasteiger charge is 2.39. The van der Waals surface area contributed by atoms with Gasteiger partial charge in [-0.3, -0.25) is 0 Å². The molecule has 0 amide bonds. The Morgan fingerprint density at radius 2 is 1.95 bits per heavy atom. The first kappa shape index (κ1) is 13.5. The molecule has 0 spiro atoms. The molecule has 3 heteroatoms. The number of hydrogen-bond donors (Lipinski definition) is 0. The van der Waals surface area contributed by atoms with Crippen molar-refractivity contribution in [3.8, 4) is 6.07 Å². The van der Waals surface area contributed by atoms with E-state index in [1.54, 1.807) is 12.1 Å². The fourth-order valence-corrected chi connectivity index (χ4v) is 3.41. The zero-order valence-electron chi connectivity index (χ0n) is 10.9. The van der Waals surface area contributed by atoms with Gasteiger partial charge in [0.25, 0.3) is 0 Å². The van der Waals surface area contributed by atoms with Crippen molar-refractivity contribution in [3.63, 3.8) is 0 Å². The van der Waals surface area contributed by atoms with E-state index in [-0.39, 0.29) is 0 Å². The van der Waals surface area contributed by atoms with E-state index in [1.807, 2.05) is 18.2 Å². The van der Waals surface area contributed by atoms with Crippen LogP contribution < -0.4 is 0 Å². The Balaban J connectivity index is 2.05. The minimum Gasteiger partial charge on any atom is -0.197 e. The number of nitrogens with zero attached hydrogens (tertiary/aromatic N) is 1. The van der Waals surface area contributed by atoms with E-state index in [2.05, 4.69) is 18.2 Å². The number of benzene rings is 2. The van der Waals surface area contributed by atoms with Crippen molar-refractivity contribution >= 4 is 23.2 Å². The monoisotopic (exact) mass is 301 g/mol. The molecule has 0 saturated heterocycles. The maximum absolute atomic E-state index is 9.76. The standard InChI is InChI=1S/C17H13Cl2N/c18-14-5-6-16(19)13(9-14)10-17(11-20)8-7-12-3-1-2-4-15(12)17/h1-6,9H,7-8,10H2. The molecule has 0 saturated carbocycles. The van der Waals surface area contributed by atoms with Crippen LogP contribution in [0.4, 0.5) is 0 Å². The quantitative estimate of drug-likeness (QED) is 0.770. The Labute approximate surface area is 128 Å². The molecule has 0 bridgehead atoms. The third kappa shape index (κ3) is 2.20. The van der Waals surface area contributed by atoms with E-state index in [9.17, 15) is 5.26 Å². The molecule has 2 aromatic carbocycles. The highest BCUT2D eigenvalue weighted by Crippen LogP contribution is 2.42. The average Bonchev–Trinajstić information content (AvgIpc) is 2.83. The fourth-order valence-electron chi connectivity index (χ4n) is 3.03. The Kier molecular flexibility index (Phi) is 3.46. The molecule has 0 N–H and O–H groups in total. The molecule has 2 aromatic rings. The molecule has 1 unspecified atom stereocenters. The summed E-state index contributed by atoms with van der Waals surface area (Å²) in [5.74, 6) is 0. The van der Waals surface area contributed by atoms with Crippen molar-refractivity contribution in [1.82, 2.24) is 0 Å². The minimum absolute atomic E-state index is 0.481. The third-order valence-electron chi connectivity index (χ3n) is 4.07. The molecule has 1 aliphatic rings. The summed E-state index contributed by atoms with van der Waals surface area (Å²) >= 11 is 12.3. The van der Waals surface area contributed by atoms with Crippen LogP contribution in [-0.2, 0) is 18.3 Å². The van der Waals surface area contributed by atoms with Gasteiger partial charge in [-0.15, -0.1) is 0 Å². The number of nitriles is 1. The van der Waals surface area contributed by atoms with E-state index in [4.69, 9.17) is 23.2 Å². The lowest BCUT2D eigenvalue weighted by Gasteiger charge is -2.23. The second-order valence-corrected chi connectivity index (χ2v) is 6.11. The lowest BCUT2D eigenvalue weighted by Crippen LogP contribution is -2.24. The second kappa shape index (κ2) is 5.13. The van der Waals surface area contributed by atoms with Crippen LogP contribution in [0.3, 0.4) is 0 Å². The number of halogens is 2. The normalized spacial score (nSPS) is 20.4. The highest BCUT2D eigenvalue weighted by atomic mass is 35.5. The van der Waals surface area contributed by atoms with Crippen LogP contribution in [0.1, 0.15) is 23.1 Å². The predicted octanol–water partition coefficient (Wildman–Crippen LogP) is 4.94. The Hall–Kier alpha value is -1.49. The zero-order chi connectivity index (χ0) is 14.2. The third-order valence-corrected chi connectivity index (χ3v) is 4.67. The molecule has 0 aromatic heterocycles. The van der Waals surface area contributed by atoms with E-state index in [1.165, 1.54) is 5.56 Å². The predicted molar refractivity (Wildman–Crippen MR) is 82.2 cm³/mol. The van der Waals surface area contributed by atoms with Crippen molar-refractivity contribution in [1.29, 1.82) is 5.26 Å². The van der Waals surface area contributed by atoms with Gasteiger partial charge in [0.15, 0.2) is 0 Å². The van der Waals surface area contributed by atoms with Gasteiger partial charge in [0.2, 0.25) is 0 Å². The molecule has 1 atom stereocenters. The molecule has 0 radical (unpaired) electrons. The maximum atomic E-state index is 9.76. The molecular formula is C17H13Cl2N. The average molecular weight is 302 g/mol. The highest BCUT2D eigenvalue weighted by molar-refractivity contribution is 6.33. The van der Waals surface area contributed by atoms with Crippen molar-refractivity contribution in [2.24, 2.45) is 0 Å². The van der Waals surface area contributed by atoms with Gasteiger partial charge >= 0.3 is 0 Å². The molecule has 3 rings (SSSR count). The van der Waals surface area contributed by atoms with Crippen LogP contribution >= 0.6 is 23.2 Å². The molecule has 100 valence electrons. The van der Waals surface area contributed by atoms with Crippen molar-refractivity contribution < 1.29 is 0 Å². The summed E-state index contributed by atoms with van der Waals surface area (Å²) in [6.07, 6.45) is 2.40. The van der Waals surface area contributed by atoms with Gasteiger partial charge in [-0.05, 0) is 54.2 Å². The molecule has 20 heavy (non-hydrogen) atoms. The largest absolute Gasteiger partial charge is 0.197 e. The molecule has 0 heterocycles. The van der Waals surface area contributed by atoms with Gasteiger partial charge in [-0.2, -0.15) is 5.26 Å². The van der Waals surface area contributed by atoms with Gasteiger partial charge in [0.05, 0.1) is 11.5 Å². The van der Waals surface area contributed by atoms with Gasteiger partial charge in [-0.1, -0.05) is 47.5 Å². The van der Waals surface area contributed by atoms with Crippen molar-refractivity contribution in [3.05, 3.63) is 69.2 Å². The van der Waals surface area contributed by atoms with Crippen molar-refractivity contribution in [2.45, 2.75) is 24.7 Å². The van der Waals surface area contributed by atoms with Gasteiger partial charge in [-0.25, -0.2) is 0 Å². The van der Waals surface area contributed by atoms with Crippen LogP contribution in [0, 0.1) is 11.3 Å². The lowest BCUT2D eigenvalue weighted by atomic mass is 9.78. The van der Waals surface area contributed by atoms with Gasteiger partial charge in [0.1, 0.15) is 0 Å². The Morgan fingerprint density at radius 1 is 1.15 bits per heavy atom. The SMILES string of the molecule is N#CC1(Cc2cc(Cl)ccc2Cl)CCc2ccccc21. The first-order valence-corrected chi connectivity index (χ1v) is 7.34. The van der Waals surface area contributed by atoms with E-state index < -0.39 is 5.41 Å². The molecular weight excluding hydrogens is 289 g/mol. The summed E-state index contributed by atoms with van der Waals surface area (Å²) in [6.45, 7) is 0. The topological polar surface area (TPSA) is 23.8 Å². The van der Waals surface area contributed by atoms with E-state index in [0.29, 0.717) is 16.5 Å². The number of hydrogen-bond acceptors (Lipinski definition) is 1.